The Morgan fingerprint density at radius 2 is 2.12 bits per heavy atom. The van der Waals surface area contributed by atoms with E-state index in [9.17, 15) is 15.0 Å². The van der Waals surface area contributed by atoms with Gasteiger partial charge in [-0.05, 0) is 31.9 Å². The second kappa shape index (κ2) is 5.75. The lowest BCUT2D eigenvalue weighted by Crippen LogP contribution is -2.30. The number of aliphatic hydroxyl groups excluding tert-OH is 2. The van der Waals surface area contributed by atoms with Crippen molar-refractivity contribution in [2.24, 2.45) is 0 Å². The molecular formula is C12H17NO4. The van der Waals surface area contributed by atoms with Gasteiger partial charge in [0.2, 0.25) is 0 Å². The van der Waals surface area contributed by atoms with Crippen LogP contribution in [0.15, 0.2) is 12.3 Å². The number of carbonyl (C=O) groups is 1. The molecule has 2 unspecified atom stereocenters. The molecule has 5 nitrogen and oxygen atoms in total. The van der Waals surface area contributed by atoms with Gasteiger partial charge in [0.15, 0.2) is 6.10 Å². The lowest BCUT2D eigenvalue weighted by atomic mass is 10.0. The van der Waals surface area contributed by atoms with Gasteiger partial charge in [0.25, 0.3) is 0 Å². The van der Waals surface area contributed by atoms with E-state index in [0.29, 0.717) is 0 Å². The summed E-state index contributed by atoms with van der Waals surface area (Å²) < 4.78 is 4.63. The van der Waals surface area contributed by atoms with Crippen molar-refractivity contribution in [3.63, 3.8) is 0 Å². The molecule has 0 aliphatic carbocycles. The molecule has 0 amide bonds. The molecule has 17 heavy (non-hydrogen) atoms. The Hall–Kier alpha value is -1.46. The van der Waals surface area contributed by atoms with Gasteiger partial charge in [0.05, 0.1) is 12.3 Å². The molecule has 0 aromatic carbocycles. The van der Waals surface area contributed by atoms with Crippen LogP contribution in [0, 0.1) is 13.8 Å². The molecule has 0 saturated carbocycles. The number of ether oxygens (including phenoxy) is 1. The zero-order chi connectivity index (χ0) is 13.0. The van der Waals surface area contributed by atoms with E-state index in [1.165, 1.54) is 0 Å². The quantitative estimate of drug-likeness (QED) is 0.754. The van der Waals surface area contributed by atoms with E-state index < -0.39 is 18.2 Å². The van der Waals surface area contributed by atoms with Crippen LogP contribution in [0.25, 0.3) is 0 Å². The largest absolute Gasteiger partial charge is 0.464 e. The number of rotatable bonds is 4. The van der Waals surface area contributed by atoms with Crippen molar-refractivity contribution in [2.75, 3.05) is 6.61 Å². The summed E-state index contributed by atoms with van der Waals surface area (Å²) in [5, 5.41) is 19.4. The van der Waals surface area contributed by atoms with E-state index in [1.54, 1.807) is 20.0 Å². The highest BCUT2D eigenvalue weighted by atomic mass is 16.5. The summed E-state index contributed by atoms with van der Waals surface area (Å²) in [7, 11) is 0. The minimum Gasteiger partial charge on any atom is -0.464 e. The van der Waals surface area contributed by atoms with Gasteiger partial charge in [-0.15, -0.1) is 0 Å². The number of hydrogen-bond donors (Lipinski definition) is 2. The summed E-state index contributed by atoms with van der Waals surface area (Å²) in [6.07, 6.45) is -1.40. The SMILES string of the molecule is CCOC(=O)C(O)C(O)c1ncc(C)cc1C. The highest BCUT2D eigenvalue weighted by Gasteiger charge is 2.28. The van der Waals surface area contributed by atoms with Gasteiger partial charge >= 0.3 is 5.97 Å². The summed E-state index contributed by atoms with van der Waals surface area (Å²) in [6, 6.07) is 1.82. The summed E-state index contributed by atoms with van der Waals surface area (Å²) in [5.41, 5.74) is 1.96. The Kier molecular flexibility index (Phi) is 4.60. The van der Waals surface area contributed by atoms with Crippen LogP contribution in [0.5, 0.6) is 0 Å². The van der Waals surface area contributed by atoms with Crippen LogP contribution < -0.4 is 0 Å². The first kappa shape index (κ1) is 13.6. The maximum absolute atomic E-state index is 11.3. The monoisotopic (exact) mass is 239 g/mol. The van der Waals surface area contributed by atoms with Gasteiger partial charge in [-0.25, -0.2) is 4.79 Å². The fourth-order valence-electron chi connectivity index (χ4n) is 1.54. The fourth-order valence-corrected chi connectivity index (χ4v) is 1.54. The first-order chi connectivity index (χ1) is 7.97. The van der Waals surface area contributed by atoms with E-state index >= 15 is 0 Å². The molecule has 0 aliphatic rings. The lowest BCUT2D eigenvalue weighted by Gasteiger charge is -2.17. The highest BCUT2D eigenvalue weighted by Crippen LogP contribution is 2.19. The maximum atomic E-state index is 11.3. The van der Waals surface area contributed by atoms with Crippen LogP contribution in [0.1, 0.15) is 29.8 Å². The molecule has 5 heteroatoms. The Labute approximate surface area is 100 Å². The van der Waals surface area contributed by atoms with Gasteiger partial charge in [-0.1, -0.05) is 6.07 Å². The van der Waals surface area contributed by atoms with E-state index in [-0.39, 0.29) is 12.3 Å². The van der Waals surface area contributed by atoms with Crippen molar-refractivity contribution in [2.45, 2.75) is 33.0 Å². The third-order valence-electron chi connectivity index (χ3n) is 2.36. The summed E-state index contributed by atoms with van der Waals surface area (Å²) >= 11 is 0. The molecule has 1 heterocycles. The zero-order valence-corrected chi connectivity index (χ0v) is 10.2. The molecule has 0 spiro atoms. The first-order valence-corrected chi connectivity index (χ1v) is 5.43. The lowest BCUT2D eigenvalue weighted by molar-refractivity contribution is -0.159. The van der Waals surface area contributed by atoms with Gasteiger partial charge in [-0.2, -0.15) is 0 Å². The number of aliphatic hydroxyl groups is 2. The minimum absolute atomic E-state index is 0.156. The van der Waals surface area contributed by atoms with E-state index in [0.717, 1.165) is 11.1 Å². The fraction of sp³-hybridized carbons (Fsp3) is 0.500. The molecule has 1 aromatic heterocycles. The van der Waals surface area contributed by atoms with Crippen molar-refractivity contribution in [1.82, 2.24) is 4.98 Å². The molecule has 2 N–H and O–H groups in total. The second-order valence-electron chi connectivity index (χ2n) is 3.86. The molecule has 0 bridgehead atoms. The van der Waals surface area contributed by atoms with Crippen LogP contribution in [-0.2, 0) is 9.53 Å². The first-order valence-electron chi connectivity index (χ1n) is 5.43. The topological polar surface area (TPSA) is 79.7 Å². The van der Waals surface area contributed by atoms with Crippen LogP contribution in [-0.4, -0.2) is 33.9 Å². The van der Waals surface area contributed by atoms with Gasteiger partial charge in [0.1, 0.15) is 6.10 Å². The van der Waals surface area contributed by atoms with E-state index in [1.807, 2.05) is 13.0 Å². The third-order valence-corrected chi connectivity index (χ3v) is 2.36. The van der Waals surface area contributed by atoms with Crippen molar-refractivity contribution >= 4 is 5.97 Å². The maximum Gasteiger partial charge on any atom is 0.338 e. The van der Waals surface area contributed by atoms with Crippen LogP contribution in [0.2, 0.25) is 0 Å². The van der Waals surface area contributed by atoms with Gasteiger partial charge < -0.3 is 14.9 Å². The number of aryl methyl sites for hydroxylation is 2. The molecule has 94 valence electrons. The molecule has 2 atom stereocenters. The molecule has 0 radical (unpaired) electrons. The van der Waals surface area contributed by atoms with Crippen molar-refractivity contribution < 1.29 is 19.7 Å². The van der Waals surface area contributed by atoms with E-state index in [2.05, 4.69) is 9.72 Å². The molecule has 0 fully saturated rings. The van der Waals surface area contributed by atoms with Crippen LogP contribution in [0.3, 0.4) is 0 Å². The number of aromatic nitrogens is 1. The Bertz CT molecular complexity index is 405. The average Bonchev–Trinajstić information content (AvgIpc) is 2.27. The summed E-state index contributed by atoms with van der Waals surface area (Å²) in [5.74, 6) is -0.846. The standard InChI is InChI=1S/C12H17NO4/c1-4-17-12(16)11(15)10(14)9-8(3)5-7(2)6-13-9/h5-6,10-11,14-15H,4H2,1-3H3. The van der Waals surface area contributed by atoms with Crippen LogP contribution >= 0.6 is 0 Å². The number of hydrogen-bond acceptors (Lipinski definition) is 5. The Morgan fingerprint density at radius 3 is 2.65 bits per heavy atom. The third kappa shape index (κ3) is 3.25. The predicted octanol–water partition coefficient (Wildman–Crippen LogP) is 0.656. The average molecular weight is 239 g/mol. The van der Waals surface area contributed by atoms with Crippen molar-refractivity contribution in [3.8, 4) is 0 Å². The van der Waals surface area contributed by atoms with E-state index in [4.69, 9.17) is 0 Å². The zero-order valence-electron chi connectivity index (χ0n) is 10.2. The molecule has 0 aliphatic heterocycles. The van der Waals surface area contributed by atoms with Crippen molar-refractivity contribution in [3.05, 3.63) is 29.1 Å². The molecule has 0 saturated heterocycles. The van der Waals surface area contributed by atoms with Crippen molar-refractivity contribution in [1.29, 1.82) is 0 Å². The van der Waals surface area contributed by atoms with Gasteiger partial charge in [-0.3, -0.25) is 4.98 Å². The molecule has 1 rings (SSSR count). The summed E-state index contributed by atoms with van der Waals surface area (Å²) in [4.78, 5) is 15.3. The number of nitrogens with zero attached hydrogens (tertiary/aromatic N) is 1. The van der Waals surface area contributed by atoms with Gasteiger partial charge in [0, 0.05) is 6.20 Å². The summed E-state index contributed by atoms with van der Waals surface area (Å²) in [6.45, 7) is 5.42. The second-order valence-corrected chi connectivity index (χ2v) is 3.86. The Balaban J connectivity index is 2.88. The van der Waals surface area contributed by atoms with Crippen LogP contribution in [0.4, 0.5) is 0 Å². The normalized spacial score (nSPS) is 14.2. The molecular weight excluding hydrogens is 222 g/mol. The Morgan fingerprint density at radius 1 is 1.47 bits per heavy atom. The molecule has 1 aromatic rings. The number of carbonyl (C=O) groups excluding carboxylic acids is 1. The highest BCUT2D eigenvalue weighted by molar-refractivity contribution is 5.75. The number of esters is 1. The smallest absolute Gasteiger partial charge is 0.338 e. The number of pyridine rings is 1. The predicted molar refractivity (Wildman–Crippen MR) is 61.3 cm³/mol. The minimum atomic E-state index is -1.61.